The Labute approximate surface area is 128 Å². The van der Waals surface area contributed by atoms with Gasteiger partial charge in [0.15, 0.2) is 6.61 Å². The number of nitrogens with zero attached hydrogens (tertiary/aromatic N) is 1. The number of carbonyl (C=O) groups excluding carboxylic acids is 2. The van der Waals surface area contributed by atoms with Crippen LogP contribution in [0, 0.1) is 6.92 Å². The molecule has 116 valence electrons. The molecule has 0 spiro atoms. The zero-order valence-corrected chi connectivity index (χ0v) is 12.8. The lowest BCUT2D eigenvalue weighted by Crippen LogP contribution is -2.21. The normalized spacial score (nSPS) is 10.5. The average Bonchev–Trinajstić information content (AvgIpc) is 2.92. The first-order valence-electron chi connectivity index (χ1n) is 6.96. The van der Waals surface area contributed by atoms with Gasteiger partial charge in [0.2, 0.25) is 5.76 Å². The van der Waals surface area contributed by atoms with E-state index in [0.717, 1.165) is 5.56 Å². The summed E-state index contributed by atoms with van der Waals surface area (Å²) in [6.07, 6.45) is 0. The van der Waals surface area contributed by atoms with E-state index in [1.54, 1.807) is 6.92 Å². The van der Waals surface area contributed by atoms with E-state index in [0.29, 0.717) is 11.4 Å². The molecule has 0 aliphatic heterocycles. The van der Waals surface area contributed by atoms with E-state index in [1.807, 2.05) is 38.1 Å². The molecule has 0 atom stereocenters. The van der Waals surface area contributed by atoms with Crippen LogP contribution in [0.25, 0.3) is 0 Å². The number of amides is 1. The standard InChI is InChI=1S/C16H18N2O4/c1-10(2)12-6-4-5-7-13(12)17-15(19)9-21-16(20)14-8-11(3)18-22-14/h4-8,10H,9H2,1-3H3,(H,17,19). The number of nitrogens with one attached hydrogen (secondary N) is 1. The number of rotatable bonds is 5. The van der Waals surface area contributed by atoms with Crippen molar-refractivity contribution in [2.75, 3.05) is 11.9 Å². The van der Waals surface area contributed by atoms with Crippen molar-refractivity contribution in [1.82, 2.24) is 5.16 Å². The molecule has 22 heavy (non-hydrogen) atoms. The van der Waals surface area contributed by atoms with Gasteiger partial charge in [0.05, 0.1) is 5.69 Å². The van der Waals surface area contributed by atoms with Crippen LogP contribution in [0.2, 0.25) is 0 Å². The fourth-order valence-electron chi connectivity index (χ4n) is 1.96. The summed E-state index contributed by atoms with van der Waals surface area (Å²) in [7, 11) is 0. The molecule has 1 heterocycles. The summed E-state index contributed by atoms with van der Waals surface area (Å²) >= 11 is 0. The van der Waals surface area contributed by atoms with Crippen molar-refractivity contribution in [2.24, 2.45) is 0 Å². The molecule has 0 unspecified atom stereocenters. The second-order valence-corrected chi connectivity index (χ2v) is 5.20. The number of aromatic nitrogens is 1. The third-order valence-electron chi connectivity index (χ3n) is 3.02. The molecule has 0 saturated carbocycles. The molecule has 0 radical (unpaired) electrons. The van der Waals surface area contributed by atoms with Crippen LogP contribution < -0.4 is 5.32 Å². The minimum Gasteiger partial charge on any atom is -0.450 e. The average molecular weight is 302 g/mol. The molecule has 1 aromatic heterocycles. The van der Waals surface area contributed by atoms with Gasteiger partial charge in [-0.25, -0.2) is 4.79 Å². The van der Waals surface area contributed by atoms with Gasteiger partial charge in [-0.05, 0) is 24.5 Å². The van der Waals surface area contributed by atoms with Crippen molar-refractivity contribution >= 4 is 17.6 Å². The van der Waals surface area contributed by atoms with E-state index in [1.165, 1.54) is 6.07 Å². The number of esters is 1. The number of hydrogen-bond acceptors (Lipinski definition) is 5. The minimum absolute atomic E-state index is 0.0205. The first kappa shape index (κ1) is 15.8. The second-order valence-electron chi connectivity index (χ2n) is 5.20. The summed E-state index contributed by atoms with van der Waals surface area (Å²) in [5.41, 5.74) is 2.31. The van der Waals surface area contributed by atoms with Gasteiger partial charge >= 0.3 is 5.97 Å². The summed E-state index contributed by atoms with van der Waals surface area (Å²) in [4.78, 5) is 23.5. The number of anilines is 1. The first-order chi connectivity index (χ1) is 10.5. The quantitative estimate of drug-likeness (QED) is 0.859. The molecule has 0 fully saturated rings. The first-order valence-corrected chi connectivity index (χ1v) is 6.96. The maximum Gasteiger partial charge on any atom is 0.377 e. The second kappa shape index (κ2) is 6.89. The summed E-state index contributed by atoms with van der Waals surface area (Å²) in [5, 5.41) is 6.33. The molecule has 1 aromatic carbocycles. The Kier molecular flexibility index (Phi) is 4.93. The van der Waals surface area contributed by atoms with Gasteiger partial charge in [0, 0.05) is 11.8 Å². The molecule has 2 rings (SSSR count). The summed E-state index contributed by atoms with van der Waals surface area (Å²) < 4.78 is 9.66. The van der Waals surface area contributed by atoms with E-state index in [2.05, 4.69) is 10.5 Å². The Morgan fingerprint density at radius 3 is 2.68 bits per heavy atom. The predicted octanol–water partition coefficient (Wildman–Crippen LogP) is 2.90. The Hall–Kier alpha value is -2.63. The van der Waals surface area contributed by atoms with Crippen LogP contribution in [0.5, 0.6) is 0 Å². The minimum atomic E-state index is -0.715. The molecule has 0 aliphatic rings. The summed E-state index contributed by atoms with van der Waals surface area (Å²) in [6.45, 7) is 5.38. The van der Waals surface area contributed by atoms with Crippen LogP contribution in [0.3, 0.4) is 0 Å². The van der Waals surface area contributed by atoms with Gasteiger partial charge in [-0.1, -0.05) is 37.2 Å². The SMILES string of the molecule is Cc1cc(C(=O)OCC(=O)Nc2ccccc2C(C)C)on1. The lowest BCUT2D eigenvalue weighted by molar-refractivity contribution is -0.119. The molecule has 1 amide bonds. The molecule has 6 heteroatoms. The highest BCUT2D eigenvalue weighted by atomic mass is 16.6. The third-order valence-corrected chi connectivity index (χ3v) is 3.02. The van der Waals surface area contributed by atoms with Gasteiger partial charge in [-0.2, -0.15) is 0 Å². The Balaban J connectivity index is 1.92. The Morgan fingerprint density at radius 2 is 2.05 bits per heavy atom. The monoisotopic (exact) mass is 302 g/mol. The fourth-order valence-corrected chi connectivity index (χ4v) is 1.96. The van der Waals surface area contributed by atoms with Crippen molar-refractivity contribution in [3.63, 3.8) is 0 Å². The highest BCUT2D eigenvalue weighted by Crippen LogP contribution is 2.23. The predicted molar refractivity (Wildman–Crippen MR) is 80.7 cm³/mol. The van der Waals surface area contributed by atoms with Crippen molar-refractivity contribution in [3.8, 4) is 0 Å². The molecular weight excluding hydrogens is 284 g/mol. The van der Waals surface area contributed by atoms with Gasteiger partial charge in [0.25, 0.3) is 5.91 Å². The van der Waals surface area contributed by atoms with Crippen LogP contribution in [-0.2, 0) is 9.53 Å². The van der Waals surface area contributed by atoms with Crippen LogP contribution in [0.15, 0.2) is 34.9 Å². The van der Waals surface area contributed by atoms with Gasteiger partial charge in [0.1, 0.15) is 0 Å². The topological polar surface area (TPSA) is 81.4 Å². The van der Waals surface area contributed by atoms with Gasteiger partial charge < -0.3 is 14.6 Å². The summed E-state index contributed by atoms with van der Waals surface area (Å²) in [5.74, 6) is -0.866. The van der Waals surface area contributed by atoms with Crippen molar-refractivity contribution in [2.45, 2.75) is 26.7 Å². The molecule has 6 nitrogen and oxygen atoms in total. The van der Waals surface area contributed by atoms with Crippen LogP contribution in [-0.4, -0.2) is 23.6 Å². The van der Waals surface area contributed by atoms with E-state index in [4.69, 9.17) is 9.26 Å². The van der Waals surface area contributed by atoms with E-state index < -0.39 is 11.9 Å². The maximum absolute atomic E-state index is 11.9. The molecule has 2 aromatic rings. The van der Waals surface area contributed by atoms with Gasteiger partial charge in [-0.15, -0.1) is 0 Å². The number of ether oxygens (including phenoxy) is 1. The van der Waals surface area contributed by atoms with Crippen molar-refractivity contribution < 1.29 is 18.8 Å². The molecule has 0 aliphatic carbocycles. The highest BCUT2D eigenvalue weighted by Gasteiger charge is 2.16. The number of para-hydroxylation sites is 1. The van der Waals surface area contributed by atoms with E-state index in [-0.39, 0.29) is 18.3 Å². The number of benzene rings is 1. The lowest BCUT2D eigenvalue weighted by atomic mass is 10.0. The zero-order chi connectivity index (χ0) is 16.1. The highest BCUT2D eigenvalue weighted by molar-refractivity contribution is 5.95. The Morgan fingerprint density at radius 1 is 1.32 bits per heavy atom. The van der Waals surface area contributed by atoms with Crippen LogP contribution >= 0.6 is 0 Å². The van der Waals surface area contributed by atoms with E-state index >= 15 is 0 Å². The molecular formula is C16H18N2O4. The summed E-state index contributed by atoms with van der Waals surface area (Å²) in [6, 6.07) is 8.97. The molecule has 1 N–H and O–H groups in total. The maximum atomic E-state index is 11.9. The largest absolute Gasteiger partial charge is 0.450 e. The smallest absolute Gasteiger partial charge is 0.377 e. The van der Waals surface area contributed by atoms with E-state index in [9.17, 15) is 9.59 Å². The number of aryl methyl sites for hydroxylation is 1. The molecule has 0 bridgehead atoms. The number of carbonyl (C=O) groups is 2. The lowest BCUT2D eigenvalue weighted by Gasteiger charge is -2.13. The molecule has 0 saturated heterocycles. The fraction of sp³-hybridized carbons (Fsp3) is 0.312. The van der Waals surface area contributed by atoms with Crippen molar-refractivity contribution in [3.05, 3.63) is 47.3 Å². The van der Waals surface area contributed by atoms with Gasteiger partial charge in [-0.3, -0.25) is 4.79 Å². The zero-order valence-electron chi connectivity index (χ0n) is 12.8. The Bertz CT molecular complexity index is 676. The van der Waals surface area contributed by atoms with Crippen LogP contribution in [0.1, 0.15) is 41.6 Å². The third kappa shape index (κ3) is 3.94. The van der Waals surface area contributed by atoms with Crippen LogP contribution in [0.4, 0.5) is 5.69 Å². The van der Waals surface area contributed by atoms with Crippen molar-refractivity contribution in [1.29, 1.82) is 0 Å². The number of hydrogen-bond donors (Lipinski definition) is 1.